The molecule has 1 aromatic carbocycles. The summed E-state index contributed by atoms with van der Waals surface area (Å²) in [6.45, 7) is 0.740. The topological polar surface area (TPSA) is 21.3 Å². The lowest BCUT2D eigenvalue weighted by atomic mass is 10.2. The van der Waals surface area contributed by atoms with E-state index in [0.717, 1.165) is 6.61 Å². The Morgan fingerprint density at radius 1 is 1.27 bits per heavy atom. The van der Waals surface area contributed by atoms with Gasteiger partial charge in [0, 0.05) is 6.04 Å². The van der Waals surface area contributed by atoms with Crippen molar-refractivity contribution in [2.45, 2.75) is 38.0 Å². The average molecular weight is 205 g/mol. The summed E-state index contributed by atoms with van der Waals surface area (Å²) in [6.07, 6.45) is 4.12. The van der Waals surface area contributed by atoms with Crippen LogP contribution in [0.2, 0.25) is 0 Å². The van der Waals surface area contributed by atoms with Gasteiger partial charge in [-0.25, -0.2) is 0 Å². The summed E-state index contributed by atoms with van der Waals surface area (Å²) in [7, 11) is 2.02. The van der Waals surface area contributed by atoms with Gasteiger partial charge < -0.3 is 10.1 Å². The largest absolute Gasteiger partial charge is 0.372 e. The zero-order valence-electron chi connectivity index (χ0n) is 9.28. The molecule has 1 unspecified atom stereocenters. The lowest BCUT2D eigenvalue weighted by Gasteiger charge is -2.19. The molecule has 0 saturated heterocycles. The molecular formula is C13H19NO. The predicted octanol–water partition coefficient (Wildman–Crippen LogP) is 2.34. The molecule has 0 bridgehead atoms. The van der Waals surface area contributed by atoms with Crippen molar-refractivity contribution in [3.63, 3.8) is 0 Å². The van der Waals surface area contributed by atoms with E-state index in [-0.39, 0.29) is 0 Å². The Hall–Kier alpha value is -0.860. The van der Waals surface area contributed by atoms with Crippen LogP contribution in [0.25, 0.3) is 0 Å². The highest BCUT2D eigenvalue weighted by Gasteiger charge is 2.26. The Labute approximate surface area is 91.6 Å². The Bertz CT molecular complexity index is 286. The van der Waals surface area contributed by atoms with Crippen LogP contribution in [-0.4, -0.2) is 19.2 Å². The van der Waals surface area contributed by atoms with Crippen LogP contribution in [0.1, 0.15) is 24.8 Å². The molecule has 82 valence electrons. The molecule has 0 aliphatic heterocycles. The van der Waals surface area contributed by atoms with Gasteiger partial charge in [-0.05, 0) is 31.9 Å². The quantitative estimate of drug-likeness (QED) is 0.814. The van der Waals surface area contributed by atoms with Crippen LogP contribution in [-0.2, 0) is 11.3 Å². The summed E-state index contributed by atoms with van der Waals surface area (Å²) in [6, 6.07) is 10.9. The van der Waals surface area contributed by atoms with Crippen LogP contribution >= 0.6 is 0 Å². The van der Waals surface area contributed by atoms with E-state index >= 15 is 0 Å². The van der Waals surface area contributed by atoms with Gasteiger partial charge in [0.25, 0.3) is 0 Å². The molecule has 0 radical (unpaired) electrons. The fourth-order valence-electron chi connectivity index (χ4n) is 2.23. The van der Waals surface area contributed by atoms with E-state index in [2.05, 4.69) is 29.6 Å². The fraction of sp³-hybridized carbons (Fsp3) is 0.538. The highest BCUT2D eigenvalue weighted by Crippen LogP contribution is 2.22. The van der Waals surface area contributed by atoms with Crippen molar-refractivity contribution in [2.24, 2.45) is 0 Å². The van der Waals surface area contributed by atoms with Gasteiger partial charge in [0.1, 0.15) is 0 Å². The summed E-state index contributed by atoms with van der Waals surface area (Å²) >= 11 is 0. The second kappa shape index (κ2) is 5.29. The van der Waals surface area contributed by atoms with Crippen molar-refractivity contribution in [3.8, 4) is 0 Å². The Kier molecular flexibility index (Phi) is 3.75. The summed E-state index contributed by atoms with van der Waals surface area (Å²) in [5, 5.41) is 3.33. The second-order valence-corrected chi connectivity index (χ2v) is 4.16. The standard InChI is InChI=1S/C13H19NO/c1-14-12-8-5-9-13(12)15-10-11-6-3-2-4-7-11/h2-4,6-7,12-14H,5,8-10H2,1H3/t12?,13-/m1/s1. The lowest BCUT2D eigenvalue weighted by Crippen LogP contribution is -2.34. The first-order chi connectivity index (χ1) is 7.40. The van der Waals surface area contributed by atoms with Gasteiger partial charge in [0.2, 0.25) is 0 Å². The zero-order chi connectivity index (χ0) is 10.5. The molecular weight excluding hydrogens is 186 g/mol. The third-order valence-electron chi connectivity index (χ3n) is 3.13. The monoisotopic (exact) mass is 205 g/mol. The maximum atomic E-state index is 5.93. The maximum absolute atomic E-state index is 5.93. The van der Waals surface area contributed by atoms with Crippen molar-refractivity contribution in [2.75, 3.05) is 7.05 Å². The fourth-order valence-corrected chi connectivity index (χ4v) is 2.23. The van der Waals surface area contributed by atoms with Crippen molar-refractivity contribution in [1.29, 1.82) is 0 Å². The smallest absolute Gasteiger partial charge is 0.0732 e. The minimum Gasteiger partial charge on any atom is -0.372 e. The minimum absolute atomic E-state index is 0.398. The van der Waals surface area contributed by atoms with Crippen molar-refractivity contribution >= 4 is 0 Å². The highest BCUT2D eigenvalue weighted by molar-refractivity contribution is 5.13. The van der Waals surface area contributed by atoms with Crippen LogP contribution in [0.4, 0.5) is 0 Å². The third kappa shape index (κ3) is 2.80. The van der Waals surface area contributed by atoms with Crippen LogP contribution in [0.15, 0.2) is 30.3 Å². The van der Waals surface area contributed by atoms with Gasteiger partial charge in [0.15, 0.2) is 0 Å². The summed E-state index contributed by atoms with van der Waals surface area (Å²) < 4.78 is 5.93. The second-order valence-electron chi connectivity index (χ2n) is 4.16. The molecule has 15 heavy (non-hydrogen) atoms. The van der Waals surface area contributed by atoms with Gasteiger partial charge in [-0.15, -0.1) is 0 Å². The minimum atomic E-state index is 0.398. The molecule has 0 aromatic heterocycles. The molecule has 0 heterocycles. The SMILES string of the molecule is CNC1CCC[C@H]1OCc1ccccc1. The maximum Gasteiger partial charge on any atom is 0.0732 e. The molecule has 2 nitrogen and oxygen atoms in total. The number of rotatable bonds is 4. The van der Waals surface area contributed by atoms with Crippen LogP contribution in [0.5, 0.6) is 0 Å². The first-order valence-corrected chi connectivity index (χ1v) is 5.73. The van der Waals surface area contributed by atoms with Gasteiger partial charge in [-0.2, -0.15) is 0 Å². The molecule has 1 N–H and O–H groups in total. The van der Waals surface area contributed by atoms with E-state index in [9.17, 15) is 0 Å². The number of hydrogen-bond donors (Lipinski definition) is 1. The molecule has 1 fully saturated rings. The van der Waals surface area contributed by atoms with E-state index in [4.69, 9.17) is 4.74 Å². The molecule has 0 spiro atoms. The molecule has 1 aliphatic rings. The predicted molar refractivity (Wildman–Crippen MR) is 61.7 cm³/mol. The summed E-state index contributed by atoms with van der Waals surface area (Å²) in [5.41, 5.74) is 1.26. The van der Waals surface area contributed by atoms with E-state index in [1.54, 1.807) is 0 Å². The molecule has 2 rings (SSSR count). The highest BCUT2D eigenvalue weighted by atomic mass is 16.5. The van der Waals surface area contributed by atoms with Crippen LogP contribution in [0.3, 0.4) is 0 Å². The Balaban J connectivity index is 1.83. The number of likely N-dealkylation sites (N-methyl/N-ethyl adjacent to an activating group) is 1. The van der Waals surface area contributed by atoms with E-state index in [1.165, 1.54) is 24.8 Å². The summed E-state index contributed by atoms with van der Waals surface area (Å²) in [5.74, 6) is 0. The van der Waals surface area contributed by atoms with Crippen molar-refractivity contribution in [1.82, 2.24) is 5.32 Å². The van der Waals surface area contributed by atoms with Crippen molar-refractivity contribution in [3.05, 3.63) is 35.9 Å². The number of benzene rings is 1. The molecule has 2 atom stereocenters. The van der Waals surface area contributed by atoms with Crippen molar-refractivity contribution < 1.29 is 4.74 Å². The number of ether oxygens (including phenoxy) is 1. The van der Waals surface area contributed by atoms with Crippen LogP contribution in [0, 0.1) is 0 Å². The molecule has 1 aliphatic carbocycles. The number of nitrogens with one attached hydrogen (secondary N) is 1. The third-order valence-corrected chi connectivity index (χ3v) is 3.13. The zero-order valence-corrected chi connectivity index (χ0v) is 9.28. The van der Waals surface area contributed by atoms with E-state index in [0.29, 0.717) is 12.1 Å². The molecule has 1 saturated carbocycles. The molecule has 1 aromatic rings. The van der Waals surface area contributed by atoms with Gasteiger partial charge >= 0.3 is 0 Å². The van der Waals surface area contributed by atoms with Gasteiger partial charge in [-0.1, -0.05) is 30.3 Å². The average Bonchev–Trinajstić information content (AvgIpc) is 2.75. The lowest BCUT2D eigenvalue weighted by molar-refractivity contribution is 0.0295. The molecule has 0 amide bonds. The first kappa shape index (κ1) is 10.7. The summed E-state index contributed by atoms with van der Waals surface area (Å²) in [4.78, 5) is 0. The number of hydrogen-bond acceptors (Lipinski definition) is 2. The van der Waals surface area contributed by atoms with E-state index in [1.807, 2.05) is 13.1 Å². The van der Waals surface area contributed by atoms with E-state index < -0.39 is 0 Å². The normalized spacial score (nSPS) is 25.7. The Morgan fingerprint density at radius 3 is 2.80 bits per heavy atom. The van der Waals surface area contributed by atoms with Crippen LogP contribution < -0.4 is 5.32 Å². The van der Waals surface area contributed by atoms with Gasteiger partial charge in [-0.3, -0.25) is 0 Å². The molecule has 2 heteroatoms. The first-order valence-electron chi connectivity index (χ1n) is 5.73. The Morgan fingerprint density at radius 2 is 2.07 bits per heavy atom. The van der Waals surface area contributed by atoms with Gasteiger partial charge in [0.05, 0.1) is 12.7 Å².